The van der Waals surface area contributed by atoms with E-state index >= 15 is 0 Å². The van der Waals surface area contributed by atoms with Gasteiger partial charge in [-0.3, -0.25) is 0 Å². The van der Waals surface area contributed by atoms with E-state index in [9.17, 15) is 4.79 Å². The number of carbonyl (C=O) groups is 1. The van der Waals surface area contributed by atoms with Crippen molar-refractivity contribution in [2.24, 2.45) is 29.1 Å². The van der Waals surface area contributed by atoms with E-state index < -0.39 is 0 Å². The smallest absolute Gasteiger partial charge is 0.338 e. The molecule has 6 atom stereocenters. The van der Waals surface area contributed by atoms with Crippen LogP contribution < -0.4 is 0 Å². The summed E-state index contributed by atoms with van der Waals surface area (Å²) in [5.41, 5.74) is 0.481. The van der Waals surface area contributed by atoms with Crippen molar-refractivity contribution in [3.05, 3.63) is 35.9 Å². The number of carbonyl (C=O) groups excluding carboxylic acids is 1. The molecule has 5 rings (SSSR count). The number of epoxide rings is 1. The van der Waals surface area contributed by atoms with E-state index in [1.165, 1.54) is 12.8 Å². The van der Waals surface area contributed by atoms with E-state index in [2.05, 4.69) is 20.8 Å². The third-order valence-corrected chi connectivity index (χ3v) is 8.16. The van der Waals surface area contributed by atoms with E-state index in [0.717, 1.165) is 25.4 Å². The van der Waals surface area contributed by atoms with Gasteiger partial charge in [0.1, 0.15) is 5.60 Å². The van der Waals surface area contributed by atoms with Crippen molar-refractivity contribution in [1.29, 1.82) is 0 Å². The van der Waals surface area contributed by atoms with Crippen LogP contribution in [0, 0.1) is 29.1 Å². The molecule has 0 radical (unpaired) electrons. The molecule has 3 saturated carbocycles. The Labute approximate surface area is 150 Å². The Morgan fingerprint density at radius 1 is 1.20 bits per heavy atom. The first-order chi connectivity index (χ1) is 11.9. The predicted octanol–water partition coefficient (Wildman–Crippen LogP) is 4.46. The fraction of sp³-hybridized carbons (Fsp3) is 0.682. The molecule has 1 saturated heterocycles. The summed E-state index contributed by atoms with van der Waals surface area (Å²) in [6.07, 6.45) is 4.45. The van der Waals surface area contributed by atoms with Crippen LogP contribution in [-0.4, -0.2) is 23.8 Å². The molecular formula is C22H28O3. The maximum Gasteiger partial charge on any atom is 0.338 e. The lowest BCUT2D eigenvalue weighted by Gasteiger charge is -2.64. The van der Waals surface area contributed by atoms with Gasteiger partial charge in [0, 0.05) is 11.3 Å². The monoisotopic (exact) mass is 340 g/mol. The third-order valence-electron chi connectivity index (χ3n) is 8.16. The highest BCUT2D eigenvalue weighted by Gasteiger charge is 2.84. The molecule has 4 aliphatic rings. The summed E-state index contributed by atoms with van der Waals surface area (Å²) in [6, 6.07) is 9.46. The molecule has 134 valence electrons. The molecule has 1 spiro atoms. The molecule has 1 heterocycles. The highest BCUT2D eigenvalue weighted by Crippen LogP contribution is 2.79. The summed E-state index contributed by atoms with van der Waals surface area (Å²) in [4.78, 5) is 12.9. The second-order valence-corrected chi connectivity index (χ2v) is 9.37. The minimum Gasteiger partial charge on any atom is -0.454 e. The van der Waals surface area contributed by atoms with Crippen LogP contribution in [0.1, 0.15) is 56.8 Å². The minimum absolute atomic E-state index is 0.0125. The third kappa shape index (κ3) is 1.83. The molecular weight excluding hydrogens is 312 g/mol. The average Bonchev–Trinajstić information content (AvgIpc) is 3.23. The van der Waals surface area contributed by atoms with Gasteiger partial charge in [0.25, 0.3) is 0 Å². The number of rotatable bonds is 3. The van der Waals surface area contributed by atoms with Crippen molar-refractivity contribution in [3.63, 3.8) is 0 Å². The number of benzene rings is 1. The van der Waals surface area contributed by atoms with Crippen LogP contribution in [0.5, 0.6) is 0 Å². The largest absolute Gasteiger partial charge is 0.454 e. The lowest BCUT2D eigenvalue weighted by atomic mass is 9.43. The highest BCUT2D eigenvalue weighted by molar-refractivity contribution is 5.89. The Morgan fingerprint density at radius 3 is 2.56 bits per heavy atom. The Morgan fingerprint density at radius 2 is 1.92 bits per heavy atom. The Balaban J connectivity index is 1.51. The molecule has 3 aliphatic carbocycles. The van der Waals surface area contributed by atoms with E-state index in [-0.39, 0.29) is 22.6 Å². The van der Waals surface area contributed by atoms with Crippen molar-refractivity contribution in [2.75, 3.05) is 6.61 Å². The Hall–Kier alpha value is -1.35. The molecule has 4 fully saturated rings. The first-order valence-corrected chi connectivity index (χ1v) is 9.86. The van der Waals surface area contributed by atoms with Crippen molar-refractivity contribution in [3.8, 4) is 0 Å². The molecule has 0 aromatic heterocycles. The van der Waals surface area contributed by atoms with E-state index in [1.807, 2.05) is 30.3 Å². The fourth-order valence-corrected chi connectivity index (χ4v) is 6.88. The maximum absolute atomic E-state index is 12.9. The minimum atomic E-state index is -0.315. The van der Waals surface area contributed by atoms with Crippen LogP contribution in [0.3, 0.4) is 0 Å². The SMILES string of the molecule is CC(C)[C@H]1CC[C@@]2(C)[C@@H]1[C@@H]1[C@@]3(CC[C@@]12OC(=O)c1ccccc1)CO3. The van der Waals surface area contributed by atoms with Crippen LogP contribution in [0.4, 0.5) is 0 Å². The van der Waals surface area contributed by atoms with Crippen LogP contribution >= 0.6 is 0 Å². The van der Waals surface area contributed by atoms with Gasteiger partial charge >= 0.3 is 5.97 Å². The van der Waals surface area contributed by atoms with Crippen LogP contribution in [0.25, 0.3) is 0 Å². The van der Waals surface area contributed by atoms with Crippen molar-refractivity contribution in [2.45, 2.75) is 57.7 Å². The molecule has 3 nitrogen and oxygen atoms in total. The molecule has 0 unspecified atom stereocenters. The normalized spacial score (nSPS) is 46.6. The lowest BCUT2D eigenvalue weighted by molar-refractivity contribution is -0.248. The van der Waals surface area contributed by atoms with Gasteiger partial charge in [0.05, 0.1) is 17.8 Å². The number of fused-ring (bicyclic) bond motifs is 5. The predicted molar refractivity (Wildman–Crippen MR) is 95.2 cm³/mol. The van der Waals surface area contributed by atoms with Crippen molar-refractivity contribution in [1.82, 2.24) is 0 Å². The van der Waals surface area contributed by atoms with Crippen molar-refractivity contribution >= 4 is 5.97 Å². The fourth-order valence-electron chi connectivity index (χ4n) is 6.88. The number of ether oxygens (including phenoxy) is 2. The van der Waals surface area contributed by atoms with Gasteiger partial charge < -0.3 is 9.47 Å². The second kappa shape index (κ2) is 4.88. The zero-order valence-electron chi connectivity index (χ0n) is 15.5. The second-order valence-electron chi connectivity index (χ2n) is 9.37. The van der Waals surface area contributed by atoms with Gasteiger partial charge in [0.2, 0.25) is 0 Å². The van der Waals surface area contributed by atoms with Gasteiger partial charge in [0.15, 0.2) is 0 Å². The molecule has 0 N–H and O–H groups in total. The standard InChI is InChI=1S/C22H28O3/c1-14(2)16-9-10-20(3)17(16)18-21(13-24-21)11-12-22(18,20)25-19(23)15-7-5-4-6-8-15/h4-8,14,16-18H,9-13H2,1-3H3/t16-,17+,18-,20+,21-,22-/m1/s1. The molecule has 1 aromatic carbocycles. The zero-order chi connectivity index (χ0) is 17.4. The van der Waals surface area contributed by atoms with Crippen LogP contribution in [0.2, 0.25) is 0 Å². The number of hydrogen-bond donors (Lipinski definition) is 0. The summed E-state index contributed by atoms with van der Waals surface area (Å²) >= 11 is 0. The van der Waals surface area contributed by atoms with Crippen LogP contribution in [-0.2, 0) is 9.47 Å². The Kier molecular flexibility index (Phi) is 3.10. The summed E-state index contributed by atoms with van der Waals surface area (Å²) in [7, 11) is 0. The van der Waals surface area contributed by atoms with E-state index in [0.29, 0.717) is 23.3 Å². The molecule has 1 aliphatic heterocycles. The van der Waals surface area contributed by atoms with Gasteiger partial charge in [-0.25, -0.2) is 4.79 Å². The topological polar surface area (TPSA) is 38.8 Å². The average molecular weight is 340 g/mol. The first kappa shape index (κ1) is 15.9. The summed E-state index contributed by atoms with van der Waals surface area (Å²) in [5.74, 6) is 2.30. The van der Waals surface area contributed by atoms with Gasteiger partial charge in [-0.15, -0.1) is 0 Å². The van der Waals surface area contributed by atoms with Gasteiger partial charge in [-0.2, -0.15) is 0 Å². The number of esters is 1. The summed E-state index contributed by atoms with van der Waals surface area (Å²) < 4.78 is 12.4. The summed E-state index contributed by atoms with van der Waals surface area (Å²) in [5, 5.41) is 0. The lowest BCUT2D eigenvalue weighted by Crippen LogP contribution is -2.70. The van der Waals surface area contributed by atoms with E-state index in [4.69, 9.17) is 9.47 Å². The first-order valence-electron chi connectivity index (χ1n) is 9.86. The maximum atomic E-state index is 12.9. The molecule has 0 bridgehead atoms. The summed E-state index contributed by atoms with van der Waals surface area (Å²) in [6.45, 7) is 7.94. The molecule has 25 heavy (non-hydrogen) atoms. The van der Waals surface area contributed by atoms with Crippen LogP contribution in [0.15, 0.2) is 30.3 Å². The highest BCUT2D eigenvalue weighted by atomic mass is 16.6. The Bertz CT molecular complexity index is 707. The quantitative estimate of drug-likeness (QED) is 0.602. The molecule has 1 aromatic rings. The molecule has 0 amide bonds. The number of hydrogen-bond acceptors (Lipinski definition) is 3. The van der Waals surface area contributed by atoms with E-state index in [1.54, 1.807) is 0 Å². The van der Waals surface area contributed by atoms with Gasteiger partial charge in [-0.05, 0) is 55.6 Å². The molecule has 3 heteroatoms. The zero-order valence-corrected chi connectivity index (χ0v) is 15.5. The van der Waals surface area contributed by atoms with Gasteiger partial charge in [-0.1, -0.05) is 39.0 Å². The van der Waals surface area contributed by atoms with Crippen molar-refractivity contribution < 1.29 is 14.3 Å².